The van der Waals surface area contributed by atoms with Gasteiger partial charge in [0.05, 0.1) is 0 Å². The summed E-state index contributed by atoms with van der Waals surface area (Å²) in [5.41, 5.74) is 0.0291. The van der Waals surface area contributed by atoms with Gasteiger partial charge in [0.2, 0.25) is 0 Å². The predicted molar refractivity (Wildman–Crippen MR) is 60.7 cm³/mol. The van der Waals surface area contributed by atoms with Gasteiger partial charge >= 0.3 is 0 Å². The van der Waals surface area contributed by atoms with Crippen LogP contribution in [0, 0.1) is 0 Å². The molecule has 0 N–H and O–H groups in total. The minimum atomic E-state index is 0.0291. The van der Waals surface area contributed by atoms with Gasteiger partial charge in [-0.3, -0.25) is 0 Å². The first-order valence-electron chi connectivity index (χ1n) is 5.50. The van der Waals surface area contributed by atoms with Gasteiger partial charge < -0.3 is 4.74 Å². The molecule has 0 saturated heterocycles. The Labute approximate surface area is 87.1 Å². The van der Waals surface area contributed by atoms with Gasteiger partial charge in [-0.2, -0.15) is 0 Å². The van der Waals surface area contributed by atoms with E-state index in [-0.39, 0.29) is 5.60 Å². The fourth-order valence-electron chi connectivity index (χ4n) is 1.71. The molecule has 0 aliphatic heterocycles. The molecule has 0 aliphatic rings. The standard InChI is InChI=1S/C13H20O/c1-4-13(5-2,6-3)14-12-10-8-7-9-11-12/h7-11H,4-6H2,1-3H3. The Morgan fingerprint density at radius 3 is 1.86 bits per heavy atom. The topological polar surface area (TPSA) is 9.23 Å². The van der Waals surface area contributed by atoms with E-state index in [0.717, 1.165) is 25.0 Å². The van der Waals surface area contributed by atoms with Crippen LogP contribution < -0.4 is 4.74 Å². The molecule has 1 heteroatoms. The van der Waals surface area contributed by atoms with Crippen LogP contribution in [0.1, 0.15) is 40.0 Å². The van der Waals surface area contributed by atoms with Crippen molar-refractivity contribution in [2.24, 2.45) is 0 Å². The molecule has 0 bridgehead atoms. The van der Waals surface area contributed by atoms with E-state index in [9.17, 15) is 0 Å². The van der Waals surface area contributed by atoms with Crippen molar-refractivity contribution in [3.8, 4) is 5.75 Å². The Bertz CT molecular complexity index is 241. The lowest BCUT2D eigenvalue weighted by Crippen LogP contribution is -2.33. The van der Waals surface area contributed by atoms with E-state index < -0.39 is 0 Å². The highest BCUT2D eigenvalue weighted by Crippen LogP contribution is 2.27. The fourth-order valence-corrected chi connectivity index (χ4v) is 1.71. The zero-order chi connectivity index (χ0) is 10.4. The van der Waals surface area contributed by atoms with E-state index in [1.807, 2.05) is 30.3 Å². The molecule has 1 aromatic rings. The highest BCUT2D eigenvalue weighted by molar-refractivity contribution is 5.22. The zero-order valence-electron chi connectivity index (χ0n) is 9.42. The van der Waals surface area contributed by atoms with Gasteiger partial charge in [0, 0.05) is 0 Å². The van der Waals surface area contributed by atoms with Crippen molar-refractivity contribution in [1.82, 2.24) is 0 Å². The maximum absolute atomic E-state index is 6.05. The van der Waals surface area contributed by atoms with Crippen LogP contribution in [0.15, 0.2) is 30.3 Å². The molecule has 0 radical (unpaired) electrons. The van der Waals surface area contributed by atoms with Crippen molar-refractivity contribution in [2.75, 3.05) is 0 Å². The largest absolute Gasteiger partial charge is 0.487 e. The monoisotopic (exact) mass is 192 g/mol. The lowest BCUT2D eigenvalue weighted by Gasteiger charge is -2.31. The molecule has 1 aromatic carbocycles. The molecule has 0 fully saturated rings. The molecule has 0 amide bonds. The van der Waals surface area contributed by atoms with Gasteiger partial charge in [-0.15, -0.1) is 0 Å². The smallest absolute Gasteiger partial charge is 0.120 e. The molecule has 0 saturated carbocycles. The summed E-state index contributed by atoms with van der Waals surface area (Å²) in [5.74, 6) is 0.984. The van der Waals surface area contributed by atoms with Gasteiger partial charge in [0.1, 0.15) is 11.4 Å². The summed E-state index contributed by atoms with van der Waals surface area (Å²) in [6.07, 6.45) is 3.19. The van der Waals surface area contributed by atoms with Crippen molar-refractivity contribution < 1.29 is 4.74 Å². The second-order valence-electron chi connectivity index (χ2n) is 3.66. The summed E-state index contributed by atoms with van der Waals surface area (Å²) in [6, 6.07) is 10.1. The van der Waals surface area contributed by atoms with E-state index in [0.29, 0.717) is 0 Å². The summed E-state index contributed by atoms with van der Waals surface area (Å²) >= 11 is 0. The quantitative estimate of drug-likeness (QED) is 0.684. The summed E-state index contributed by atoms with van der Waals surface area (Å²) in [4.78, 5) is 0. The number of para-hydroxylation sites is 1. The average Bonchev–Trinajstić information content (AvgIpc) is 2.28. The van der Waals surface area contributed by atoms with Crippen molar-refractivity contribution >= 4 is 0 Å². The molecule has 1 nitrogen and oxygen atoms in total. The van der Waals surface area contributed by atoms with Crippen LogP contribution >= 0.6 is 0 Å². The molecular weight excluding hydrogens is 172 g/mol. The first-order valence-corrected chi connectivity index (χ1v) is 5.50. The van der Waals surface area contributed by atoms with Crippen molar-refractivity contribution in [1.29, 1.82) is 0 Å². The minimum Gasteiger partial charge on any atom is -0.487 e. The SMILES string of the molecule is CCC(CC)(CC)Oc1ccccc1. The highest BCUT2D eigenvalue weighted by atomic mass is 16.5. The van der Waals surface area contributed by atoms with E-state index in [4.69, 9.17) is 4.74 Å². The van der Waals surface area contributed by atoms with Crippen LogP contribution in [0.5, 0.6) is 5.75 Å². The number of hydrogen-bond acceptors (Lipinski definition) is 1. The van der Waals surface area contributed by atoms with Crippen LogP contribution in [0.25, 0.3) is 0 Å². The minimum absolute atomic E-state index is 0.0291. The second-order valence-corrected chi connectivity index (χ2v) is 3.66. The fraction of sp³-hybridized carbons (Fsp3) is 0.538. The Morgan fingerprint density at radius 1 is 0.929 bits per heavy atom. The summed E-state index contributed by atoms with van der Waals surface area (Å²) in [6.45, 7) is 6.57. The first kappa shape index (κ1) is 11.1. The van der Waals surface area contributed by atoms with Gasteiger partial charge in [-0.05, 0) is 31.4 Å². The molecule has 0 atom stereocenters. The third-order valence-electron chi connectivity index (χ3n) is 3.01. The maximum Gasteiger partial charge on any atom is 0.120 e. The van der Waals surface area contributed by atoms with Crippen LogP contribution in [0.3, 0.4) is 0 Å². The molecule has 14 heavy (non-hydrogen) atoms. The van der Waals surface area contributed by atoms with E-state index >= 15 is 0 Å². The predicted octanol–water partition coefficient (Wildman–Crippen LogP) is 4.03. The van der Waals surface area contributed by atoms with E-state index in [2.05, 4.69) is 20.8 Å². The maximum atomic E-state index is 6.05. The summed E-state index contributed by atoms with van der Waals surface area (Å²) in [7, 11) is 0. The summed E-state index contributed by atoms with van der Waals surface area (Å²) < 4.78 is 6.05. The molecule has 0 aliphatic carbocycles. The van der Waals surface area contributed by atoms with Crippen LogP contribution in [-0.2, 0) is 0 Å². The number of hydrogen-bond donors (Lipinski definition) is 0. The molecule has 0 heterocycles. The van der Waals surface area contributed by atoms with E-state index in [1.165, 1.54) is 0 Å². The average molecular weight is 192 g/mol. The van der Waals surface area contributed by atoms with Crippen molar-refractivity contribution in [3.05, 3.63) is 30.3 Å². The van der Waals surface area contributed by atoms with E-state index in [1.54, 1.807) is 0 Å². The number of ether oxygens (including phenoxy) is 1. The Morgan fingerprint density at radius 2 is 1.43 bits per heavy atom. The molecule has 78 valence electrons. The molecule has 1 rings (SSSR count). The molecule has 0 unspecified atom stereocenters. The number of benzene rings is 1. The van der Waals surface area contributed by atoms with Crippen molar-refractivity contribution in [2.45, 2.75) is 45.6 Å². The van der Waals surface area contributed by atoms with Gasteiger partial charge in [-0.25, -0.2) is 0 Å². The zero-order valence-corrected chi connectivity index (χ0v) is 9.42. The van der Waals surface area contributed by atoms with Crippen LogP contribution in [0.2, 0.25) is 0 Å². The van der Waals surface area contributed by atoms with Crippen LogP contribution in [0.4, 0.5) is 0 Å². The summed E-state index contributed by atoms with van der Waals surface area (Å²) in [5, 5.41) is 0. The van der Waals surface area contributed by atoms with Crippen molar-refractivity contribution in [3.63, 3.8) is 0 Å². The molecular formula is C13H20O. The van der Waals surface area contributed by atoms with Gasteiger partial charge in [-0.1, -0.05) is 39.0 Å². The normalized spacial score (nSPS) is 11.4. The Hall–Kier alpha value is -0.980. The lowest BCUT2D eigenvalue weighted by molar-refractivity contribution is 0.0562. The third kappa shape index (κ3) is 2.50. The Kier molecular flexibility index (Phi) is 3.99. The van der Waals surface area contributed by atoms with Crippen LogP contribution in [-0.4, -0.2) is 5.60 Å². The highest BCUT2D eigenvalue weighted by Gasteiger charge is 2.25. The lowest BCUT2D eigenvalue weighted by atomic mass is 9.94. The Balaban J connectivity index is 2.74. The number of rotatable bonds is 5. The first-order chi connectivity index (χ1) is 6.76. The molecule has 0 spiro atoms. The third-order valence-corrected chi connectivity index (χ3v) is 3.01. The second kappa shape index (κ2) is 5.04. The molecule has 0 aromatic heterocycles. The van der Waals surface area contributed by atoms with Gasteiger partial charge in [0.25, 0.3) is 0 Å². The van der Waals surface area contributed by atoms with Gasteiger partial charge in [0.15, 0.2) is 0 Å².